The second-order valence-electron chi connectivity index (χ2n) is 5.35. The lowest BCUT2D eigenvalue weighted by molar-refractivity contribution is 0.0976. The van der Waals surface area contributed by atoms with Crippen molar-refractivity contribution in [2.75, 3.05) is 0 Å². The normalized spacial score (nSPS) is 10.7. The molecule has 0 aliphatic heterocycles. The van der Waals surface area contributed by atoms with Crippen LogP contribution in [0.4, 0.5) is 0 Å². The SMILES string of the molecule is CCCCCCCCCCC(=O)c1cc(O)ccc1O. The highest BCUT2D eigenvalue weighted by Crippen LogP contribution is 2.24. The van der Waals surface area contributed by atoms with Crippen molar-refractivity contribution in [3.63, 3.8) is 0 Å². The van der Waals surface area contributed by atoms with E-state index in [1.54, 1.807) is 0 Å². The van der Waals surface area contributed by atoms with E-state index in [-0.39, 0.29) is 22.8 Å². The predicted octanol–water partition coefficient (Wildman–Crippen LogP) is 4.81. The number of phenolic OH excluding ortho intramolecular Hbond substituents is 2. The molecule has 2 N–H and O–H groups in total. The Morgan fingerprint density at radius 3 is 2.20 bits per heavy atom. The van der Waals surface area contributed by atoms with Gasteiger partial charge >= 0.3 is 0 Å². The summed E-state index contributed by atoms with van der Waals surface area (Å²) in [5, 5.41) is 18.9. The van der Waals surface area contributed by atoms with Gasteiger partial charge in [-0.25, -0.2) is 0 Å². The maximum absolute atomic E-state index is 11.9. The molecule has 0 unspecified atom stereocenters. The molecule has 0 heterocycles. The van der Waals surface area contributed by atoms with Crippen LogP contribution in [-0.4, -0.2) is 16.0 Å². The zero-order valence-electron chi connectivity index (χ0n) is 12.4. The Morgan fingerprint density at radius 1 is 0.950 bits per heavy atom. The first-order valence-corrected chi connectivity index (χ1v) is 7.70. The van der Waals surface area contributed by atoms with Crippen LogP contribution in [0.3, 0.4) is 0 Å². The Balaban J connectivity index is 2.18. The molecule has 0 fully saturated rings. The third-order valence-electron chi connectivity index (χ3n) is 3.54. The lowest BCUT2D eigenvalue weighted by Crippen LogP contribution is -1.99. The highest BCUT2D eigenvalue weighted by molar-refractivity contribution is 5.98. The second-order valence-corrected chi connectivity index (χ2v) is 5.35. The fourth-order valence-corrected chi connectivity index (χ4v) is 2.30. The van der Waals surface area contributed by atoms with Gasteiger partial charge in [-0.05, 0) is 24.6 Å². The molecule has 0 saturated carbocycles. The van der Waals surface area contributed by atoms with E-state index in [4.69, 9.17) is 0 Å². The third-order valence-corrected chi connectivity index (χ3v) is 3.54. The number of hydrogen-bond donors (Lipinski definition) is 2. The van der Waals surface area contributed by atoms with E-state index >= 15 is 0 Å². The van der Waals surface area contributed by atoms with E-state index in [1.165, 1.54) is 56.7 Å². The first kappa shape index (κ1) is 16.5. The number of unbranched alkanes of at least 4 members (excludes halogenated alkanes) is 7. The van der Waals surface area contributed by atoms with Crippen molar-refractivity contribution in [3.8, 4) is 11.5 Å². The molecule has 0 aromatic heterocycles. The molecule has 0 aliphatic rings. The molecule has 0 radical (unpaired) electrons. The Morgan fingerprint density at radius 2 is 1.55 bits per heavy atom. The number of carbonyl (C=O) groups is 1. The molecular formula is C17H26O3. The van der Waals surface area contributed by atoms with Gasteiger partial charge in [0, 0.05) is 6.42 Å². The topological polar surface area (TPSA) is 57.5 Å². The van der Waals surface area contributed by atoms with E-state index in [1.807, 2.05) is 0 Å². The van der Waals surface area contributed by atoms with Crippen LogP contribution in [-0.2, 0) is 0 Å². The summed E-state index contributed by atoms with van der Waals surface area (Å²) in [6.07, 6.45) is 9.93. The smallest absolute Gasteiger partial charge is 0.166 e. The van der Waals surface area contributed by atoms with Gasteiger partial charge < -0.3 is 10.2 Å². The standard InChI is InChI=1S/C17H26O3/c1-2-3-4-5-6-7-8-9-10-16(19)15-13-14(18)11-12-17(15)20/h11-13,18,20H,2-10H2,1H3. The number of phenols is 2. The summed E-state index contributed by atoms with van der Waals surface area (Å²) < 4.78 is 0. The molecule has 0 bridgehead atoms. The Bertz CT molecular complexity index is 413. The van der Waals surface area contributed by atoms with Crippen molar-refractivity contribution in [1.29, 1.82) is 0 Å². The number of carbonyl (C=O) groups excluding carboxylic acids is 1. The average Bonchev–Trinajstić information content (AvgIpc) is 2.44. The first-order chi connectivity index (χ1) is 9.65. The van der Waals surface area contributed by atoms with Gasteiger partial charge in [-0.15, -0.1) is 0 Å². The molecule has 1 aromatic carbocycles. The molecule has 0 amide bonds. The quantitative estimate of drug-likeness (QED) is 0.367. The Labute approximate surface area is 121 Å². The molecule has 1 aromatic rings. The lowest BCUT2D eigenvalue weighted by Gasteiger charge is -2.05. The van der Waals surface area contributed by atoms with Crippen LogP contribution in [0, 0.1) is 0 Å². The minimum Gasteiger partial charge on any atom is -0.508 e. The highest BCUT2D eigenvalue weighted by Gasteiger charge is 2.11. The van der Waals surface area contributed by atoms with Crippen molar-refractivity contribution in [1.82, 2.24) is 0 Å². The summed E-state index contributed by atoms with van der Waals surface area (Å²) in [6, 6.07) is 4.07. The maximum atomic E-state index is 11.9. The Hall–Kier alpha value is -1.51. The van der Waals surface area contributed by atoms with Gasteiger partial charge in [0.1, 0.15) is 11.5 Å². The van der Waals surface area contributed by atoms with Gasteiger partial charge in [0.25, 0.3) is 0 Å². The summed E-state index contributed by atoms with van der Waals surface area (Å²) in [5.41, 5.74) is 0.230. The van der Waals surface area contributed by atoms with Gasteiger partial charge in [-0.3, -0.25) is 4.79 Å². The molecule has 0 aliphatic carbocycles. The van der Waals surface area contributed by atoms with Crippen molar-refractivity contribution >= 4 is 5.78 Å². The molecule has 20 heavy (non-hydrogen) atoms. The summed E-state index contributed by atoms with van der Waals surface area (Å²) >= 11 is 0. The second kappa shape index (κ2) is 9.40. The zero-order chi connectivity index (χ0) is 14.8. The van der Waals surface area contributed by atoms with Crippen molar-refractivity contribution in [2.24, 2.45) is 0 Å². The molecule has 3 nitrogen and oxygen atoms in total. The molecule has 3 heteroatoms. The summed E-state index contributed by atoms with van der Waals surface area (Å²) in [5.74, 6) is -0.126. The van der Waals surface area contributed by atoms with E-state index in [0.717, 1.165) is 12.8 Å². The third kappa shape index (κ3) is 6.09. The van der Waals surface area contributed by atoms with Gasteiger partial charge in [0.05, 0.1) is 5.56 Å². The van der Waals surface area contributed by atoms with E-state index in [0.29, 0.717) is 6.42 Å². The van der Waals surface area contributed by atoms with Gasteiger partial charge in [0.15, 0.2) is 5.78 Å². The van der Waals surface area contributed by atoms with Crippen LogP contribution in [0.25, 0.3) is 0 Å². The van der Waals surface area contributed by atoms with Crippen LogP contribution in [0.15, 0.2) is 18.2 Å². The van der Waals surface area contributed by atoms with Crippen LogP contribution in [0.5, 0.6) is 11.5 Å². The monoisotopic (exact) mass is 278 g/mol. The highest BCUT2D eigenvalue weighted by atomic mass is 16.3. The van der Waals surface area contributed by atoms with Gasteiger partial charge in [-0.2, -0.15) is 0 Å². The zero-order valence-corrected chi connectivity index (χ0v) is 12.4. The van der Waals surface area contributed by atoms with E-state index in [9.17, 15) is 15.0 Å². The number of benzene rings is 1. The summed E-state index contributed by atoms with van der Waals surface area (Å²) in [4.78, 5) is 11.9. The molecule has 1 rings (SSSR count). The minimum absolute atomic E-state index is 0.0158. The number of aromatic hydroxyl groups is 2. The molecule has 112 valence electrons. The fraction of sp³-hybridized carbons (Fsp3) is 0.588. The van der Waals surface area contributed by atoms with Crippen molar-refractivity contribution in [3.05, 3.63) is 23.8 Å². The molecule has 0 saturated heterocycles. The average molecular weight is 278 g/mol. The van der Waals surface area contributed by atoms with Crippen LogP contribution < -0.4 is 0 Å². The van der Waals surface area contributed by atoms with Crippen molar-refractivity contribution < 1.29 is 15.0 Å². The van der Waals surface area contributed by atoms with Crippen LogP contribution >= 0.6 is 0 Å². The van der Waals surface area contributed by atoms with Crippen LogP contribution in [0.2, 0.25) is 0 Å². The predicted molar refractivity (Wildman–Crippen MR) is 81.3 cm³/mol. The number of Topliss-reactive ketones (excluding diaryl/α,β-unsaturated/α-hetero) is 1. The Kier molecular flexibility index (Phi) is 7.78. The summed E-state index contributed by atoms with van der Waals surface area (Å²) in [7, 11) is 0. The van der Waals surface area contributed by atoms with E-state index < -0.39 is 0 Å². The van der Waals surface area contributed by atoms with Crippen molar-refractivity contribution in [2.45, 2.75) is 64.7 Å². The van der Waals surface area contributed by atoms with Crippen LogP contribution in [0.1, 0.15) is 75.1 Å². The summed E-state index contributed by atoms with van der Waals surface area (Å²) in [6.45, 7) is 2.21. The minimum atomic E-state index is -0.0932. The largest absolute Gasteiger partial charge is 0.508 e. The maximum Gasteiger partial charge on any atom is 0.166 e. The van der Waals surface area contributed by atoms with Gasteiger partial charge in [-0.1, -0.05) is 51.9 Å². The number of rotatable bonds is 10. The first-order valence-electron chi connectivity index (χ1n) is 7.70. The lowest BCUT2D eigenvalue weighted by atomic mass is 10.0. The number of hydrogen-bond acceptors (Lipinski definition) is 3. The van der Waals surface area contributed by atoms with E-state index in [2.05, 4.69) is 6.92 Å². The molecule has 0 spiro atoms. The van der Waals surface area contributed by atoms with Gasteiger partial charge in [0.2, 0.25) is 0 Å². The number of ketones is 1. The molecule has 0 atom stereocenters. The fourth-order valence-electron chi connectivity index (χ4n) is 2.30. The molecular weight excluding hydrogens is 252 g/mol.